The molecule has 106 valence electrons. The Morgan fingerprint density at radius 2 is 1.95 bits per heavy atom. The van der Waals surface area contributed by atoms with Crippen LogP contribution >= 0.6 is 11.6 Å². The van der Waals surface area contributed by atoms with Gasteiger partial charge in [0.2, 0.25) is 0 Å². The average molecular weight is 282 g/mol. The summed E-state index contributed by atoms with van der Waals surface area (Å²) in [7, 11) is 4.13. The van der Waals surface area contributed by atoms with Crippen LogP contribution in [-0.4, -0.2) is 29.7 Å². The summed E-state index contributed by atoms with van der Waals surface area (Å²) in [6.45, 7) is 0. The molecule has 0 aromatic heterocycles. The van der Waals surface area contributed by atoms with E-state index < -0.39 is 5.60 Å². The largest absolute Gasteiger partial charge is 0.390 e. The maximum Gasteiger partial charge on any atom is 0.0666 e. The molecule has 0 saturated heterocycles. The van der Waals surface area contributed by atoms with Gasteiger partial charge in [-0.2, -0.15) is 0 Å². The van der Waals surface area contributed by atoms with Gasteiger partial charge in [-0.15, -0.1) is 0 Å². The van der Waals surface area contributed by atoms with Crippen molar-refractivity contribution in [1.82, 2.24) is 4.90 Å². The predicted molar refractivity (Wildman–Crippen MR) is 80.5 cm³/mol. The van der Waals surface area contributed by atoms with Crippen LogP contribution in [0.1, 0.15) is 50.1 Å². The van der Waals surface area contributed by atoms with Crippen molar-refractivity contribution in [2.24, 2.45) is 0 Å². The summed E-state index contributed by atoms with van der Waals surface area (Å²) in [5, 5.41) is 11.5. The molecule has 1 unspecified atom stereocenters. The molecule has 19 heavy (non-hydrogen) atoms. The second-order valence-electron chi connectivity index (χ2n) is 6.02. The van der Waals surface area contributed by atoms with Crippen molar-refractivity contribution in [2.45, 2.75) is 50.2 Å². The molecule has 2 rings (SSSR count). The fraction of sp³-hybridized carbons (Fsp3) is 0.625. The highest BCUT2D eigenvalue weighted by Crippen LogP contribution is 2.37. The second-order valence-corrected chi connectivity index (χ2v) is 6.46. The van der Waals surface area contributed by atoms with Crippen LogP contribution in [0.3, 0.4) is 0 Å². The molecular weight excluding hydrogens is 258 g/mol. The van der Waals surface area contributed by atoms with E-state index in [1.165, 1.54) is 12.0 Å². The van der Waals surface area contributed by atoms with Crippen molar-refractivity contribution in [3.8, 4) is 0 Å². The van der Waals surface area contributed by atoms with Gasteiger partial charge in [-0.25, -0.2) is 0 Å². The Morgan fingerprint density at radius 3 is 2.53 bits per heavy atom. The van der Waals surface area contributed by atoms with Crippen LogP contribution in [0.5, 0.6) is 0 Å². The van der Waals surface area contributed by atoms with Gasteiger partial charge >= 0.3 is 0 Å². The normalized spacial score (nSPS) is 20.5. The number of hydrogen-bond donors (Lipinski definition) is 1. The van der Waals surface area contributed by atoms with E-state index in [1.807, 2.05) is 18.2 Å². The predicted octanol–water partition coefficient (Wildman–Crippen LogP) is 4.03. The number of rotatable bonds is 4. The van der Waals surface area contributed by atoms with E-state index in [2.05, 4.69) is 25.1 Å². The van der Waals surface area contributed by atoms with Crippen LogP contribution in [0.2, 0.25) is 5.02 Å². The summed E-state index contributed by atoms with van der Waals surface area (Å²) in [6.07, 6.45) is 6.20. The molecule has 1 atom stereocenters. The van der Waals surface area contributed by atoms with Crippen molar-refractivity contribution in [3.05, 3.63) is 34.9 Å². The van der Waals surface area contributed by atoms with Gasteiger partial charge < -0.3 is 10.0 Å². The van der Waals surface area contributed by atoms with Crippen LogP contribution in [0.4, 0.5) is 0 Å². The minimum Gasteiger partial charge on any atom is -0.390 e. The number of hydrogen-bond acceptors (Lipinski definition) is 2. The Bertz CT molecular complexity index is 413. The summed E-state index contributed by atoms with van der Waals surface area (Å²) < 4.78 is 0. The lowest BCUT2D eigenvalue weighted by Gasteiger charge is -2.37. The molecule has 1 aliphatic carbocycles. The number of benzene rings is 1. The number of aliphatic hydroxyl groups is 1. The third-order valence-corrected chi connectivity index (χ3v) is 4.45. The molecule has 0 radical (unpaired) electrons. The lowest BCUT2D eigenvalue weighted by atomic mass is 9.79. The van der Waals surface area contributed by atoms with Gasteiger partial charge in [-0.3, -0.25) is 0 Å². The summed E-state index contributed by atoms with van der Waals surface area (Å²) in [5.74, 6) is 0. The van der Waals surface area contributed by atoms with E-state index in [1.54, 1.807) is 0 Å². The Hall–Kier alpha value is -0.570. The van der Waals surface area contributed by atoms with Gasteiger partial charge in [-0.1, -0.05) is 43.0 Å². The number of nitrogens with zero attached hydrogens (tertiary/aromatic N) is 1. The van der Waals surface area contributed by atoms with Crippen molar-refractivity contribution < 1.29 is 5.11 Å². The molecule has 1 saturated carbocycles. The van der Waals surface area contributed by atoms with Gasteiger partial charge in [0.25, 0.3) is 0 Å². The molecule has 2 nitrogen and oxygen atoms in total. The molecule has 3 heteroatoms. The Labute approximate surface area is 121 Å². The first kappa shape index (κ1) is 14.8. The molecule has 1 aliphatic rings. The highest BCUT2D eigenvalue weighted by atomic mass is 35.5. The van der Waals surface area contributed by atoms with Crippen LogP contribution in [0.15, 0.2) is 24.3 Å². The maximum absolute atomic E-state index is 10.8. The minimum absolute atomic E-state index is 0.224. The van der Waals surface area contributed by atoms with Crippen molar-refractivity contribution in [3.63, 3.8) is 0 Å². The third kappa shape index (κ3) is 3.95. The minimum atomic E-state index is -0.504. The monoisotopic (exact) mass is 281 g/mol. The Morgan fingerprint density at radius 1 is 1.26 bits per heavy atom. The first-order chi connectivity index (χ1) is 9.00. The third-order valence-electron chi connectivity index (χ3n) is 4.21. The average Bonchev–Trinajstić information content (AvgIpc) is 2.36. The summed E-state index contributed by atoms with van der Waals surface area (Å²) >= 11 is 6.09. The highest BCUT2D eigenvalue weighted by Gasteiger charge is 2.33. The molecule has 0 amide bonds. The maximum atomic E-state index is 10.8. The smallest absolute Gasteiger partial charge is 0.0666 e. The molecule has 0 heterocycles. The lowest BCUT2D eigenvalue weighted by Crippen LogP contribution is -2.36. The fourth-order valence-electron chi connectivity index (χ4n) is 3.09. The van der Waals surface area contributed by atoms with E-state index in [9.17, 15) is 5.11 Å². The topological polar surface area (TPSA) is 23.5 Å². The summed E-state index contributed by atoms with van der Waals surface area (Å²) in [4.78, 5) is 2.18. The van der Waals surface area contributed by atoms with E-state index in [0.29, 0.717) is 0 Å². The van der Waals surface area contributed by atoms with E-state index in [4.69, 9.17) is 11.6 Å². The van der Waals surface area contributed by atoms with Gasteiger partial charge in [0.05, 0.1) is 5.60 Å². The molecule has 1 aromatic rings. The van der Waals surface area contributed by atoms with Crippen LogP contribution in [-0.2, 0) is 0 Å². The molecule has 0 aliphatic heterocycles. The summed E-state index contributed by atoms with van der Waals surface area (Å²) in [6, 6.07) is 8.22. The first-order valence-electron chi connectivity index (χ1n) is 7.14. The van der Waals surface area contributed by atoms with Crippen LogP contribution in [0.25, 0.3) is 0 Å². The molecular formula is C16H24ClNO. The molecule has 0 spiro atoms. The second kappa shape index (κ2) is 6.25. The van der Waals surface area contributed by atoms with Gasteiger partial charge in [0.15, 0.2) is 0 Å². The van der Waals surface area contributed by atoms with Gasteiger partial charge in [0.1, 0.15) is 0 Å². The quantitative estimate of drug-likeness (QED) is 0.901. The molecule has 1 N–H and O–H groups in total. The zero-order valence-corrected chi connectivity index (χ0v) is 12.7. The molecule has 0 bridgehead atoms. The van der Waals surface area contributed by atoms with E-state index in [0.717, 1.165) is 37.1 Å². The van der Waals surface area contributed by atoms with Crippen LogP contribution in [0, 0.1) is 0 Å². The van der Waals surface area contributed by atoms with Gasteiger partial charge in [-0.05, 0) is 51.1 Å². The van der Waals surface area contributed by atoms with Crippen molar-refractivity contribution in [2.75, 3.05) is 14.1 Å². The SMILES string of the molecule is CN(C)C(CC1(O)CCCCC1)c1cccc(Cl)c1. The zero-order chi connectivity index (χ0) is 13.9. The van der Waals surface area contributed by atoms with Crippen LogP contribution < -0.4 is 0 Å². The molecule has 1 aromatic carbocycles. The van der Waals surface area contributed by atoms with Crippen molar-refractivity contribution >= 4 is 11.6 Å². The Balaban J connectivity index is 2.16. The van der Waals surface area contributed by atoms with Gasteiger partial charge in [0, 0.05) is 11.1 Å². The summed E-state index contributed by atoms with van der Waals surface area (Å²) in [5.41, 5.74) is 0.687. The Kier molecular flexibility index (Phi) is 4.88. The molecule has 1 fully saturated rings. The zero-order valence-electron chi connectivity index (χ0n) is 11.9. The van der Waals surface area contributed by atoms with E-state index in [-0.39, 0.29) is 6.04 Å². The standard InChI is InChI=1S/C16H24ClNO/c1-18(2)15(13-7-6-8-14(17)11-13)12-16(19)9-4-3-5-10-16/h6-8,11,15,19H,3-5,9-10,12H2,1-2H3. The fourth-order valence-corrected chi connectivity index (χ4v) is 3.29. The number of halogens is 1. The van der Waals surface area contributed by atoms with E-state index >= 15 is 0 Å². The first-order valence-corrected chi connectivity index (χ1v) is 7.52. The van der Waals surface area contributed by atoms with Crippen molar-refractivity contribution in [1.29, 1.82) is 0 Å². The highest BCUT2D eigenvalue weighted by molar-refractivity contribution is 6.30. The lowest BCUT2D eigenvalue weighted by molar-refractivity contribution is -0.0227.